The molecule has 0 aliphatic rings. The molecule has 0 aromatic carbocycles. The number of nitrogens with one attached hydrogen (secondary N) is 1. The van der Waals surface area contributed by atoms with Crippen molar-refractivity contribution in [2.45, 2.75) is 0 Å². The smallest absolute Gasteiger partial charge is 0.126 e. The van der Waals surface area contributed by atoms with Gasteiger partial charge in [-0.25, -0.2) is 0 Å². The molecule has 3 nitrogen and oxygen atoms in total. The molecule has 0 saturated carbocycles. The van der Waals surface area contributed by atoms with E-state index >= 15 is 0 Å². The molecule has 2 aromatic heterocycles. The van der Waals surface area contributed by atoms with Gasteiger partial charge in [0.15, 0.2) is 0 Å². The average molecular weight is 160 g/mol. The van der Waals surface area contributed by atoms with Crippen molar-refractivity contribution < 1.29 is 4.42 Å². The molecule has 12 heavy (non-hydrogen) atoms. The molecular weight excluding hydrogens is 152 g/mol. The van der Waals surface area contributed by atoms with Crippen molar-refractivity contribution in [3.8, 4) is 0 Å². The lowest BCUT2D eigenvalue weighted by atomic mass is 10.3. The van der Waals surface area contributed by atoms with Crippen molar-refractivity contribution in [1.82, 2.24) is 10.2 Å². The number of nitrogens with zero attached hydrogens (tertiary/aromatic N) is 1. The molecule has 0 saturated heterocycles. The minimum absolute atomic E-state index is 0.831. The highest BCUT2D eigenvalue weighted by molar-refractivity contribution is 5.64. The molecular formula is C9H8N2O. The number of hydrogen-bond acceptors (Lipinski definition) is 2. The van der Waals surface area contributed by atoms with Gasteiger partial charge < -0.3 is 4.42 Å². The van der Waals surface area contributed by atoms with Crippen LogP contribution in [0, 0.1) is 0 Å². The predicted molar refractivity (Wildman–Crippen MR) is 46.2 cm³/mol. The number of hydrogen-bond donors (Lipinski definition) is 1. The van der Waals surface area contributed by atoms with Crippen molar-refractivity contribution in [2.75, 3.05) is 0 Å². The molecule has 2 rings (SSSR count). The van der Waals surface area contributed by atoms with Gasteiger partial charge >= 0.3 is 0 Å². The third-order valence-electron chi connectivity index (χ3n) is 1.48. The van der Waals surface area contributed by atoms with Crippen LogP contribution < -0.4 is 0 Å². The van der Waals surface area contributed by atoms with Crippen molar-refractivity contribution in [1.29, 1.82) is 0 Å². The molecule has 0 bridgehead atoms. The maximum Gasteiger partial charge on any atom is 0.126 e. The van der Waals surface area contributed by atoms with Crippen molar-refractivity contribution in [3.63, 3.8) is 0 Å². The van der Waals surface area contributed by atoms with Crippen LogP contribution >= 0.6 is 0 Å². The second-order valence-corrected chi connectivity index (χ2v) is 2.35. The summed E-state index contributed by atoms with van der Waals surface area (Å²) >= 11 is 0. The second kappa shape index (κ2) is 3.09. The standard InChI is InChI=1S/C9H8N2O/c1-2-9(12-7-1)4-3-8-5-6-10-11-8/h1-7H,(H,10,11)/b4-3+. The summed E-state index contributed by atoms with van der Waals surface area (Å²) in [6.45, 7) is 0. The maximum absolute atomic E-state index is 5.11. The van der Waals surface area contributed by atoms with Crippen LogP contribution in [0.25, 0.3) is 12.2 Å². The topological polar surface area (TPSA) is 41.8 Å². The van der Waals surface area contributed by atoms with Gasteiger partial charge in [0, 0.05) is 6.20 Å². The molecule has 2 heterocycles. The largest absolute Gasteiger partial charge is 0.465 e. The number of H-pyrrole nitrogens is 1. The first-order valence-electron chi connectivity index (χ1n) is 3.66. The van der Waals surface area contributed by atoms with E-state index in [4.69, 9.17) is 4.42 Å². The van der Waals surface area contributed by atoms with Crippen molar-refractivity contribution in [2.24, 2.45) is 0 Å². The molecule has 1 N–H and O–H groups in total. The first-order chi connectivity index (χ1) is 5.95. The van der Waals surface area contributed by atoms with Gasteiger partial charge in [0.1, 0.15) is 5.76 Å². The lowest BCUT2D eigenvalue weighted by molar-refractivity contribution is 0.557. The minimum atomic E-state index is 0.831. The third-order valence-corrected chi connectivity index (χ3v) is 1.48. The number of furan rings is 1. The molecule has 60 valence electrons. The van der Waals surface area contributed by atoms with Gasteiger partial charge in [0.05, 0.1) is 12.0 Å². The summed E-state index contributed by atoms with van der Waals surface area (Å²) in [7, 11) is 0. The highest BCUT2D eigenvalue weighted by atomic mass is 16.3. The van der Waals surface area contributed by atoms with Crippen LogP contribution in [-0.4, -0.2) is 10.2 Å². The Hall–Kier alpha value is -1.77. The van der Waals surface area contributed by atoms with Crippen LogP contribution in [0.2, 0.25) is 0 Å². The lowest BCUT2D eigenvalue weighted by Gasteiger charge is -1.81. The van der Waals surface area contributed by atoms with Crippen LogP contribution in [0.5, 0.6) is 0 Å². The lowest BCUT2D eigenvalue weighted by Crippen LogP contribution is -1.69. The van der Waals surface area contributed by atoms with Gasteiger partial charge in [0.25, 0.3) is 0 Å². The van der Waals surface area contributed by atoms with Crippen molar-refractivity contribution >= 4 is 12.2 Å². The van der Waals surface area contributed by atoms with Gasteiger partial charge in [-0.05, 0) is 30.4 Å². The van der Waals surface area contributed by atoms with Gasteiger partial charge in [-0.3, -0.25) is 5.10 Å². The Morgan fingerprint density at radius 1 is 1.33 bits per heavy atom. The fraction of sp³-hybridized carbons (Fsp3) is 0. The van der Waals surface area contributed by atoms with E-state index in [2.05, 4.69) is 10.2 Å². The van der Waals surface area contributed by atoms with Crippen LogP contribution in [0.15, 0.2) is 35.1 Å². The molecule has 0 aliphatic heterocycles. The quantitative estimate of drug-likeness (QED) is 0.731. The first-order valence-corrected chi connectivity index (χ1v) is 3.66. The van der Waals surface area contributed by atoms with Crippen LogP contribution in [0.4, 0.5) is 0 Å². The van der Waals surface area contributed by atoms with Gasteiger partial charge in [-0.2, -0.15) is 5.10 Å². The number of aromatic amines is 1. The summed E-state index contributed by atoms with van der Waals surface area (Å²) < 4.78 is 5.11. The summed E-state index contributed by atoms with van der Waals surface area (Å²) in [5.74, 6) is 0.831. The van der Waals surface area contributed by atoms with E-state index in [1.165, 1.54) is 0 Å². The summed E-state index contributed by atoms with van der Waals surface area (Å²) in [4.78, 5) is 0. The molecule has 2 aromatic rings. The van der Waals surface area contributed by atoms with Gasteiger partial charge in [-0.1, -0.05) is 0 Å². The summed E-state index contributed by atoms with van der Waals surface area (Å²) in [6.07, 6.45) is 7.18. The Kier molecular flexibility index (Phi) is 1.78. The Bertz CT molecular complexity index is 310. The van der Waals surface area contributed by atoms with E-state index in [0.29, 0.717) is 0 Å². The van der Waals surface area contributed by atoms with E-state index in [0.717, 1.165) is 11.5 Å². The average Bonchev–Trinajstić information content (AvgIpc) is 2.74. The fourth-order valence-corrected chi connectivity index (χ4v) is 0.918. The van der Waals surface area contributed by atoms with Crippen LogP contribution in [-0.2, 0) is 0 Å². The third kappa shape index (κ3) is 1.45. The van der Waals surface area contributed by atoms with Crippen LogP contribution in [0.1, 0.15) is 11.5 Å². The molecule has 0 aliphatic carbocycles. The molecule has 3 heteroatoms. The molecule has 0 amide bonds. The Morgan fingerprint density at radius 2 is 2.33 bits per heavy atom. The maximum atomic E-state index is 5.11. The predicted octanol–water partition coefficient (Wildman–Crippen LogP) is 2.17. The molecule has 0 fully saturated rings. The first kappa shape index (κ1) is 6.91. The normalized spacial score (nSPS) is 11.0. The second-order valence-electron chi connectivity index (χ2n) is 2.35. The zero-order valence-corrected chi connectivity index (χ0v) is 6.40. The van der Waals surface area contributed by atoms with E-state index in [-0.39, 0.29) is 0 Å². The van der Waals surface area contributed by atoms with Crippen molar-refractivity contribution in [3.05, 3.63) is 42.1 Å². The zero-order chi connectivity index (χ0) is 8.23. The monoisotopic (exact) mass is 160 g/mol. The fourth-order valence-electron chi connectivity index (χ4n) is 0.918. The number of aromatic nitrogens is 2. The summed E-state index contributed by atoms with van der Waals surface area (Å²) in [5.41, 5.74) is 0.895. The molecule has 0 spiro atoms. The number of rotatable bonds is 2. The highest BCUT2D eigenvalue weighted by Crippen LogP contribution is 2.05. The molecule has 0 atom stereocenters. The summed E-state index contributed by atoms with van der Waals surface area (Å²) in [6, 6.07) is 5.63. The SMILES string of the molecule is C(=C\c1ccco1)/c1cc[nH]n1. The van der Waals surface area contributed by atoms with E-state index < -0.39 is 0 Å². The Morgan fingerprint density at radius 3 is 3.00 bits per heavy atom. The van der Waals surface area contributed by atoms with Crippen LogP contribution in [0.3, 0.4) is 0 Å². The molecule has 0 radical (unpaired) electrons. The van der Waals surface area contributed by atoms with E-state index in [1.807, 2.05) is 30.4 Å². The molecule has 0 unspecified atom stereocenters. The van der Waals surface area contributed by atoms with Gasteiger partial charge in [0.2, 0.25) is 0 Å². The van der Waals surface area contributed by atoms with E-state index in [9.17, 15) is 0 Å². The minimum Gasteiger partial charge on any atom is -0.465 e. The van der Waals surface area contributed by atoms with E-state index in [1.54, 1.807) is 12.5 Å². The summed E-state index contributed by atoms with van der Waals surface area (Å²) in [5, 5.41) is 6.69. The Balaban J connectivity index is 2.14. The Labute approximate surface area is 69.7 Å². The van der Waals surface area contributed by atoms with Gasteiger partial charge in [-0.15, -0.1) is 0 Å². The zero-order valence-electron chi connectivity index (χ0n) is 6.40. The highest BCUT2D eigenvalue weighted by Gasteiger charge is 1.89.